The number of alkyl halides is 9. The third-order valence-electron chi connectivity index (χ3n) is 4.35. The summed E-state index contributed by atoms with van der Waals surface area (Å²) in [6.45, 7) is 5.96. The standard InChI is InChI=1S/C16H31F9O3Si3/c1-5-6-10-26-30(3,12-8-15(20,21)22)28-31(4,13-9-16(23,24)25)27-29(2)11-7-14(17,18)19/h29H,5-13H2,1-4H3. The summed E-state index contributed by atoms with van der Waals surface area (Å²) in [5.41, 5.74) is 0. The minimum Gasteiger partial charge on any atom is -0.439 e. The average Bonchev–Trinajstić information content (AvgIpc) is 2.55. The maximum Gasteiger partial charge on any atom is 0.389 e. The second-order valence-corrected chi connectivity index (χ2v) is 17.7. The Morgan fingerprint density at radius 2 is 1.19 bits per heavy atom. The normalized spacial score (nSPS) is 18.5. The molecule has 0 amide bonds. The number of hydrogen-bond donors (Lipinski definition) is 0. The van der Waals surface area contributed by atoms with Crippen LogP contribution in [0.1, 0.15) is 39.0 Å². The molecule has 0 saturated heterocycles. The van der Waals surface area contributed by atoms with E-state index in [-0.39, 0.29) is 12.7 Å². The zero-order valence-corrected chi connectivity index (χ0v) is 21.2. The van der Waals surface area contributed by atoms with Crippen molar-refractivity contribution in [3.05, 3.63) is 0 Å². The van der Waals surface area contributed by atoms with Crippen LogP contribution in [0.3, 0.4) is 0 Å². The Balaban J connectivity index is 5.53. The smallest absolute Gasteiger partial charge is 0.389 e. The first-order valence-electron chi connectivity index (χ1n) is 10.0. The summed E-state index contributed by atoms with van der Waals surface area (Å²) in [6, 6.07) is -1.51. The number of rotatable bonds is 14. The van der Waals surface area contributed by atoms with Gasteiger partial charge in [0.1, 0.15) is 0 Å². The molecule has 0 fully saturated rings. The van der Waals surface area contributed by atoms with Crippen LogP contribution in [0.5, 0.6) is 0 Å². The van der Waals surface area contributed by atoms with Gasteiger partial charge in [0.15, 0.2) is 9.04 Å². The number of halogens is 9. The zero-order valence-electron chi connectivity index (χ0n) is 18.1. The fourth-order valence-electron chi connectivity index (χ4n) is 2.76. The highest BCUT2D eigenvalue weighted by molar-refractivity contribution is 6.83. The predicted molar refractivity (Wildman–Crippen MR) is 106 cm³/mol. The van der Waals surface area contributed by atoms with Gasteiger partial charge in [-0.25, -0.2) is 0 Å². The summed E-state index contributed by atoms with van der Waals surface area (Å²) >= 11 is 0. The van der Waals surface area contributed by atoms with Gasteiger partial charge in [-0.15, -0.1) is 0 Å². The Hall–Kier alpha value is -0.0994. The van der Waals surface area contributed by atoms with Crippen LogP contribution in [0.15, 0.2) is 0 Å². The van der Waals surface area contributed by atoms with Crippen molar-refractivity contribution in [3.63, 3.8) is 0 Å². The van der Waals surface area contributed by atoms with Crippen molar-refractivity contribution < 1.29 is 52.2 Å². The molecule has 188 valence electrons. The van der Waals surface area contributed by atoms with Gasteiger partial charge >= 0.3 is 35.7 Å². The first-order chi connectivity index (χ1) is 13.8. The van der Waals surface area contributed by atoms with E-state index in [4.69, 9.17) is 12.7 Å². The zero-order chi connectivity index (χ0) is 24.6. The highest BCUT2D eigenvalue weighted by atomic mass is 28.5. The highest BCUT2D eigenvalue weighted by Crippen LogP contribution is 2.34. The molecule has 0 aromatic heterocycles. The van der Waals surface area contributed by atoms with Crippen molar-refractivity contribution in [2.75, 3.05) is 6.61 Å². The van der Waals surface area contributed by atoms with Gasteiger partial charge in [-0.2, -0.15) is 39.5 Å². The Morgan fingerprint density at radius 3 is 1.61 bits per heavy atom. The monoisotopic (exact) mass is 526 g/mol. The van der Waals surface area contributed by atoms with E-state index in [2.05, 4.69) is 0 Å². The molecule has 0 aliphatic carbocycles. The second kappa shape index (κ2) is 12.4. The van der Waals surface area contributed by atoms with Gasteiger partial charge in [-0.3, -0.25) is 0 Å². The minimum atomic E-state index is -4.56. The molecule has 0 N–H and O–H groups in total. The van der Waals surface area contributed by atoms with Crippen LogP contribution in [-0.4, -0.2) is 51.3 Å². The summed E-state index contributed by atoms with van der Waals surface area (Å²) in [5, 5.41) is 0. The van der Waals surface area contributed by atoms with Crippen molar-refractivity contribution in [1.82, 2.24) is 0 Å². The molecule has 0 rings (SSSR count). The Bertz CT molecular complexity index is 517. The topological polar surface area (TPSA) is 27.7 Å². The molecule has 0 aromatic rings. The largest absolute Gasteiger partial charge is 0.439 e. The maximum atomic E-state index is 12.8. The van der Waals surface area contributed by atoms with Crippen molar-refractivity contribution in [2.45, 2.75) is 95.3 Å². The summed E-state index contributed by atoms with van der Waals surface area (Å²) in [5.74, 6) is 0. The number of hydrogen-bond acceptors (Lipinski definition) is 3. The van der Waals surface area contributed by atoms with Crippen LogP contribution in [0, 0.1) is 0 Å². The van der Waals surface area contributed by atoms with Crippen LogP contribution in [-0.2, 0) is 12.7 Å². The van der Waals surface area contributed by atoms with Crippen LogP contribution in [0.4, 0.5) is 39.5 Å². The predicted octanol–water partition coefficient (Wildman–Crippen LogP) is 7.19. The molecule has 0 aliphatic rings. The van der Waals surface area contributed by atoms with Gasteiger partial charge in [0.25, 0.3) is 0 Å². The second-order valence-electron chi connectivity index (χ2n) is 7.88. The molecule has 0 aliphatic heterocycles. The van der Waals surface area contributed by atoms with Gasteiger partial charge in [0, 0.05) is 25.9 Å². The first kappa shape index (κ1) is 30.9. The van der Waals surface area contributed by atoms with Crippen molar-refractivity contribution >= 4 is 26.2 Å². The molecule has 0 aromatic carbocycles. The van der Waals surface area contributed by atoms with Crippen LogP contribution < -0.4 is 0 Å². The summed E-state index contributed by atoms with van der Waals surface area (Å²) in [7, 11) is -9.97. The van der Waals surface area contributed by atoms with E-state index >= 15 is 0 Å². The molecule has 0 spiro atoms. The fourth-order valence-corrected chi connectivity index (χ4v) is 15.4. The molecule has 0 heterocycles. The van der Waals surface area contributed by atoms with Gasteiger partial charge in [-0.1, -0.05) is 13.3 Å². The van der Waals surface area contributed by atoms with Crippen molar-refractivity contribution in [3.8, 4) is 0 Å². The first-order valence-corrected chi connectivity index (χ1v) is 17.5. The quantitative estimate of drug-likeness (QED) is 0.136. The van der Waals surface area contributed by atoms with Gasteiger partial charge in [0.05, 0.1) is 0 Å². The maximum absolute atomic E-state index is 12.8. The Labute approximate surface area is 180 Å². The minimum absolute atomic E-state index is 0.0852. The van der Waals surface area contributed by atoms with E-state index in [1.54, 1.807) is 0 Å². The third kappa shape index (κ3) is 17.1. The number of unbranched alkanes of at least 4 members (excludes halogenated alkanes) is 1. The van der Waals surface area contributed by atoms with Crippen LogP contribution >= 0.6 is 0 Å². The summed E-state index contributed by atoms with van der Waals surface area (Å²) < 4.78 is 131. The van der Waals surface area contributed by atoms with Gasteiger partial charge in [0.2, 0.25) is 0 Å². The lowest BCUT2D eigenvalue weighted by molar-refractivity contribution is -0.132. The summed E-state index contributed by atoms with van der Waals surface area (Å²) in [4.78, 5) is 0. The lowest BCUT2D eigenvalue weighted by atomic mass is 10.4. The molecule has 0 bridgehead atoms. The molecular formula is C16H31F9O3Si3. The molecule has 15 heteroatoms. The van der Waals surface area contributed by atoms with Gasteiger partial charge < -0.3 is 12.7 Å². The van der Waals surface area contributed by atoms with E-state index in [1.165, 1.54) is 19.6 Å². The average molecular weight is 527 g/mol. The van der Waals surface area contributed by atoms with Crippen LogP contribution in [0.25, 0.3) is 0 Å². The lowest BCUT2D eigenvalue weighted by Crippen LogP contribution is -2.54. The third-order valence-corrected chi connectivity index (χ3v) is 15.6. The molecule has 0 radical (unpaired) electrons. The van der Waals surface area contributed by atoms with E-state index < -0.39 is 76.0 Å². The van der Waals surface area contributed by atoms with Crippen molar-refractivity contribution in [2.24, 2.45) is 0 Å². The Morgan fingerprint density at radius 1 is 0.742 bits per heavy atom. The Kier molecular flexibility index (Phi) is 12.3. The van der Waals surface area contributed by atoms with Gasteiger partial charge in [-0.05, 0) is 44.2 Å². The molecule has 31 heavy (non-hydrogen) atoms. The van der Waals surface area contributed by atoms with Crippen molar-refractivity contribution in [1.29, 1.82) is 0 Å². The molecule has 3 unspecified atom stereocenters. The molecule has 0 saturated carbocycles. The molecule has 3 nitrogen and oxygen atoms in total. The van der Waals surface area contributed by atoms with E-state index in [0.717, 1.165) is 0 Å². The molecule has 3 atom stereocenters. The lowest BCUT2D eigenvalue weighted by Gasteiger charge is -2.39. The van der Waals surface area contributed by atoms with E-state index in [0.29, 0.717) is 12.8 Å². The summed E-state index contributed by atoms with van der Waals surface area (Å²) in [6.07, 6.45) is -16.0. The fraction of sp³-hybridized carbons (Fsp3) is 1.00. The van der Waals surface area contributed by atoms with E-state index in [1.807, 2.05) is 6.92 Å². The highest BCUT2D eigenvalue weighted by Gasteiger charge is 2.47. The van der Waals surface area contributed by atoms with Crippen LogP contribution in [0.2, 0.25) is 37.8 Å². The molecular weight excluding hydrogens is 495 g/mol. The SMILES string of the molecule is CCCCO[Si](C)(CCC(F)(F)F)O[Si](C)(CCC(F)(F)F)O[SiH](C)CCC(F)(F)F. The van der Waals surface area contributed by atoms with E-state index in [9.17, 15) is 39.5 Å².